The van der Waals surface area contributed by atoms with Crippen LogP contribution in [-0.4, -0.2) is 6.54 Å². The Morgan fingerprint density at radius 3 is 2.29 bits per heavy atom. The Hall–Kier alpha value is -0.540. The maximum Gasteiger partial charge on any atom is 0.0424 e. The number of thiophene rings is 1. The molecular formula is C17H21Cl2NS. The van der Waals surface area contributed by atoms with E-state index in [9.17, 15) is 0 Å². The van der Waals surface area contributed by atoms with Crippen molar-refractivity contribution in [2.45, 2.75) is 39.2 Å². The van der Waals surface area contributed by atoms with Crippen LogP contribution in [0.5, 0.6) is 0 Å². The highest BCUT2D eigenvalue weighted by Gasteiger charge is 2.14. The third kappa shape index (κ3) is 5.00. The van der Waals surface area contributed by atoms with Gasteiger partial charge in [-0.15, -0.1) is 11.3 Å². The highest BCUT2D eigenvalue weighted by atomic mass is 35.5. The van der Waals surface area contributed by atoms with Gasteiger partial charge in [-0.2, -0.15) is 0 Å². The summed E-state index contributed by atoms with van der Waals surface area (Å²) in [6, 6.07) is 10.5. The molecule has 1 aromatic carbocycles. The molecule has 0 fully saturated rings. The molecule has 2 aromatic rings. The van der Waals surface area contributed by atoms with E-state index in [-0.39, 0.29) is 6.04 Å². The van der Waals surface area contributed by atoms with Gasteiger partial charge in [0.25, 0.3) is 0 Å². The third-order valence-electron chi connectivity index (χ3n) is 3.40. The van der Waals surface area contributed by atoms with Gasteiger partial charge in [-0.1, -0.05) is 37.0 Å². The van der Waals surface area contributed by atoms with Crippen LogP contribution in [0.4, 0.5) is 0 Å². The van der Waals surface area contributed by atoms with Crippen molar-refractivity contribution >= 4 is 34.5 Å². The SMILES string of the molecule is CCCNC(Cc1ccc(CC)s1)c1cc(Cl)cc(Cl)c1. The molecule has 4 heteroatoms. The largest absolute Gasteiger partial charge is 0.310 e. The van der Waals surface area contributed by atoms with Crippen LogP contribution in [0.25, 0.3) is 0 Å². The summed E-state index contributed by atoms with van der Waals surface area (Å²) in [6.07, 6.45) is 3.18. The molecule has 114 valence electrons. The van der Waals surface area contributed by atoms with Crippen LogP contribution in [0.15, 0.2) is 30.3 Å². The molecule has 0 radical (unpaired) electrons. The van der Waals surface area contributed by atoms with Crippen molar-refractivity contribution in [2.75, 3.05) is 6.54 Å². The highest BCUT2D eigenvalue weighted by molar-refractivity contribution is 7.11. The quantitative estimate of drug-likeness (QED) is 0.660. The molecule has 21 heavy (non-hydrogen) atoms. The summed E-state index contributed by atoms with van der Waals surface area (Å²) in [5.74, 6) is 0. The standard InChI is InChI=1S/C17H21Cl2NS/c1-3-7-20-17(11-16-6-5-15(4-2)21-16)12-8-13(18)10-14(19)9-12/h5-6,8-10,17,20H,3-4,7,11H2,1-2H3. The zero-order valence-electron chi connectivity index (χ0n) is 12.5. The van der Waals surface area contributed by atoms with E-state index in [1.165, 1.54) is 9.75 Å². The Balaban J connectivity index is 2.20. The molecule has 2 rings (SSSR count). The smallest absolute Gasteiger partial charge is 0.0424 e. The predicted octanol–water partition coefficient (Wildman–Crippen LogP) is 5.90. The minimum Gasteiger partial charge on any atom is -0.310 e. The average Bonchev–Trinajstić information content (AvgIpc) is 2.90. The highest BCUT2D eigenvalue weighted by Crippen LogP contribution is 2.28. The second kappa shape index (κ2) is 8.19. The fourth-order valence-electron chi connectivity index (χ4n) is 2.33. The molecule has 0 aliphatic carbocycles. The van der Waals surface area contributed by atoms with E-state index < -0.39 is 0 Å². The monoisotopic (exact) mass is 341 g/mol. The molecule has 0 saturated heterocycles. The van der Waals surface area contributed by atoms with Crippen molar-refractivity contribution in [1.82, 2.24) is 5.32 Å². The van der Waals surface area contributed by atoms with Gasteiger partial charge in [-0.3, -0.25) is 0 Å². The fraction of sp³-hybridized carbons (Fsp3) is 0.412. The Labute approximate surface area is 141 Å². The molecule has 1 N–H and O–H groups in total. The maximum atomic E-state index is 6.15. The van der Waals surface area contributed by atoms with E-state index in [4.69, 9.17) is 23.2 Å². The number of hydrogen-bond acceptors (Lipinski definition) is 2. The van der Waals surface area contributed by atoms with Gasteiger partial charge in [-0.25, -0.2) is 0 Å². The third-order valence-corrected chi connectivity index (χ3v) is 5.09. The maximum absolute atomic E-state index is 6.15. The van der Waals surface area contributed by atoms with Crippen molar-refractivity contribution in [2.24, 2.45) is 0 Å². The predicted molar refractivity (Wildman–Crippen MR) is 94.9 cm³/mol. The average molecular weight is 342 g/mol. The lowest BCUT2D eigenvalue weighted by atomic mass is 10.0. The van der Waals surface area contributed by atoms with Crippen molar-refractivity contribution in [1.29, 1.82) is 0 Å². The van der Waals surface area contributed by atoms with Crippen LogP contribution >= 0.6 is 34.5 Å². The van der Waals surface area contributed by atoms with Gasteiger partial charge in [0.05, 0.1) is 0 Å². The van der Waals surface area contributed by atoms with Crippen LogP contribution < -0.4 is 5.32 Å². The Kier molecular flexibility index (Phi) is 6.56. The van der Waals surface area contributed by atoms with Crippen molar-refractivity contribution in [3.8, 4) is 0 Å². The Bertz CT molecular complexity index is 560. The summed E-state index contributed by atoms with van der Waals surface area (Å²) in [5.41, 5.74) is 1.16. The molecule has 0 amide bonds. The Morgan fingerprint density at radius 1 is 1.05 bits per heavy atom. The number of aryl methyl sites for hydroxylation is 1. The lowest BCUT2D eigenvalue weighted by molar-refractivity contribution is 0.532. The molecule has 0 bridgehead atoms. The molecule has 1 atom stereocenters. The molecule has 1 unspecified atom stereocenters. The van der Waals surface area contributed by atoms with E-state index in [1.807, 2.05) is 23.5 Å². The summed E-state index contributed by atoms with van der Waals surface area (Å²) >= 11 is 14.2. The molecular weight excluding hydrogens is 321 g/mol. The summed E-state index contributed by atoms with van der Waals surface area (Å²) in [7, 11) is 0. The number of halogens is 2. The fourth-order valence-corrected chi connectivity index (χ4v) is 3.87. The van der Waals surface area contributed by atoms with E-state index >= 15 is 0 Å². The lowest BCUT2D eigenvalue weighted by Gasteiger charge is -2.19. The summed E-state index contributed by atoms with van der Waals surface area (Å²) < 4.78 is 0. The number of nitrogens with one attached hydrogen (secondary N) is 1. The minimum absolute atomic E-state index is 0.254. The normalized spacial score (nSPS) is 12.6. The van der Waals surface area contributed by atoms with Gasteiger partial charge in [0.15, 0.2) is 0 Å². The first-order valence-electron chi connectivity index (χ1n) is 7.39. The summed E-state index contributed by atoms with van der Waals surface area (Å²) in [6.45, 7) is 5.36. The molecule has 0 saturated carbocycles. The molecule has 0 spiro atoms. The first-order valence-corrected chi connectivity index (χ1v) is 8.96. The number of hydrogen-bond donors (Lipinski definition) is 1. The zero-order valence-corrected chi connectivity index (χ0v) is 14.8. The van der Waals surface area contributed by atoms with Gasteiger partial charge in [0.1, 0.15) is 0 Å². The van der Waals surface area contributed by atoms with Gasteiger partial charge in [-0.05, 0) is 55.3 Å². The van der Waals surface area contributed by atoms with Gasteiger partial charge in [0, 0.05) is 32.3 Å². The summed E-state index contributed by atoms with van der Waals surface area (Å²) in [5, 5.41) is 5.00. The van der Waals surface area contributed by atoms with Crippen molar-refractivity contribution in [3.05, 3.63) is 55.7 Å². The first kappa shape index (κ1) is 16.8. The molecule has 1 heterocycles. The second-order valence-corrected chi connectivity index (χ2v) is 7.26. The van der Waals surface area contributed by atoms with Crippen molar-refractivity contribution < 1.29 is 0 Å². The van der Waals surface area contributed by atoms with Gasteiger partial charge >= 0.3 is 0 Å². The molecule has 0 aliphatic rings. The van der Waals surface area contributed by atoms with Crippen LogP contribution in [0, 0.1) is 0 Å². The van der Waals surface area contributed by atoms with Crippen LogP contribution in [0.3, 0.4) is 0 Å². The minimum atomic E-state index is 0.254. The van der Waals surface area contributed by atoms with Crippen LogP contribution in [0.1, 0.15) is 41.6 Å². The molecule has 0 aliphatic heterocycles. The second-order valence-electron chi connectivity index (χ2n) is 5.14. The van der Waals surface area contributed by atoms with E-state index in [2.05, 4.69) is 31.3 Å². The first-order chi connectivity index (χ1) is 10.1. The van der Waals surface area contributed by atoms with Crippen LogP contribution in [0.2, 0.25) is 10.0 Å². The van der Waals surface area contributed by atoms with E-state index in [0.717, 1.165) is 31.4 Å². The zero-order chi connectivity index (χ0) is 15.2. The topological polar surface area (TPSA) is 12.0 Å². The van der Waals surface area contributed by atoms with E-state index in [1.54, 1.807) is 6.07 Å². The van der Waals surface area contributed by atoms with Crippen molar-refractivity contribution in [3.63, 3.8) is 0 Å². The number of rotatable bonds is 7. The Morgan fingerprint density at radius 2 is 1.71 bits per heavy atom. The van der Waals surface area contributed by atoms with Gasteiger partial charge in [0.2, 0.25) is 0 Å². The van der Waals surface area contributed by atoms with E-state index in [0.29, 0.717) is 10.0 Å². The molecule has 1 aromatic heterocycles. The molecule has 1 nitrogen and oxygen atoms in total. The lowest BCUT2D eigenvalue weighted by Crippen LogP contribution is -2.23. The van der Waals surface area contributed by atoms with Crippen LogP contribution in [-0.2, 0) is 12.8 Å². The van der Waals surface area contributed by atoms with Gasteiger partial charge < -0.3 is 5.32 Å². The summed E-state index contributed by atoms with van der Waals surface area (Å²) in [4.78, 5) is 2.83. The number of benzene rings is 1.